The topological polar surface area (TPSA) is 100 Å². The van der Waals surface area contributed by atoms with Crippen molar-refractivity contribution in [2.75, 3.05) is 23.3 Å². The van der Waals surface area contributed by atoms with Crippen LogP contribution in [0.15, 0.2) is 16.5 Å². The van der Waals surface area contributed by atoms with Crippen LogP contribution < -0.4 is 15.5 Å². The predicted octanol–water partition coefficient (Wildman–Crippen LogP) is 2.51. The number of nitrogens with one attached hydrogen (secondary N) is 2. The number of halogens is 2. The standard InChI is InChI=1S/C21H23F2N5O3/c22-15-7-13(8-16(23)19(15)14-4-5-17(29)25-20(14)30)28-9-12(10-28)24-21-27-26-18(31-21)6-3-11-1-2-11/h7-8,11-12,14H,1-6,9-10H2,(H,24,27)(H,25,29,30). The number of carbonyl (C=O) groups is 2. The summed E-state index contributed by atoms with van der Waals surface area (Å²) in [6.07, 6.45) is 4.59. The van der Waals surface area contributed by atoms with Crippen molar-refractivity contribution in [2.45, 2.75) is 50.5 Å². The van der Waals surface area contributed by atoms with Crippen LogP contribution in [0.5, 0.6) is 0 Å². The molecule has 1 atom stereocenters. The molecule has 1 unspecified atom stereocenters. The Balaban J connectivity index is 1.18. The highest BCUT2D eigenvalue weighted by Gasteiger charge is 2.34. The zero-order valence-corrected chi connectivity index (χ0v) is 16.9. The number of rotatable bonds is 7. The Hall–Kier alpha value is -3.04. The zero-order valence-electron chi connectivity index (χ0n) is 16.9. The fourth-order valence-electron chi connectivity index (χ4n) is 4.16. The number of hydrogen-bond acceptors (Lipinski definition) is 7. The van der Waals surface area contributed by atoms with Crippen LogP contribution in [-0.4, -0.2) is 41.1 Å². The number of amides is 2. The van der Waals surface area contributed by atoms with E-state index in [1.165, 1.54) is 25.0 Å². The minimum absolute atomic E-state index is 0.0256. The van der Waals surface area contributed by atoms with Gasteiger partial charge in [-0.05, 0) is 30.9 Å². The number of benzene rings is 1. The molecule has 1 aromatic carbocycles. The smallest absolute Gasteiger partial charge is 0.315 e. The second-order valence-corrected chi connectivity index (χ2v) is 8.56. The molecule has 8 nitrogen and oxygen atoms in total. The van der Waals surface area contributed by atoms with Crippen LogP contribution in [0.1, 0.15) is 49.5 Å². The van der Waals surface area contributed by atoms with Crippen LogP contribution in [0, 0.1) is 17.6 Å². The Morgan fingerprint density at radius 3 is 2.55 bits per heavy atom. The Kier molecular flexibility index (Phi) is 5.07. The minimum Gasteiger partial charge on any atom is -0.408 e. The Bertz CT molecular complexity index is 993. The molecule has 0 spiro atoms. The summed E-state index contributed by atoms with van der Waals surface area (Å²) < 4.78 is 35.0. The number of piperidine rings is 1. The van der Waals surface area contributed by atoms with E-state index in [1.807, 2.05) is 4.90 Å². The van der Waals surface area contributed by atoms with E-state index in [9.17, 15) is 18.4 Å². The van der Waals surface area contributed by atoms with Gasteiger partial charge in [0.1, 0.15) is 11.6 Å². The fraction of sp³-hybridized carbons (Fsp3) is 0.524. The largest absolute Gasteiger partial charge is 0.408 e. The van der Waals surface area contributed by atoms with Crippen molar-refractivity contribution in [3.05, 3.63) is 35.2 Å². The molecule has 3 aliphatic rings. The number of aryl methyl sites for hydroxylation is 1. The van der Waals surface area contributed by atoms with Gasteiger partial charge in [0.05, 0.1) is 12.0 Å². The fourth-order valence-corrected chi connectivity index (χ4v) is 4.16. The van der Waals surface area contributed by atoms with Crippen molar-refractivity contribution in [3.63, 3.8) is 0 Å². The molecule has 10 heteroatoms. The van der Waals surface area contributed by atoms with Crippen molar-refractivity contribution in [1.29, 1.82) is 0 Å². The molecular formula is C21H23F2N5O3. The minimum atomic E-state index is -0.996. The van der Waals surface area contributed by atoms with E-state index in [1.54, 1.807) is 0 Å². The van der Waals surface area contributed by atoms with Gasteiger partial charge in [0.15, 0.2) is 0 Å². The molecule has 3 heterocycles. The first-order chi connectivity index (χ1) is 15.0. The van der Waals surface area contributed by atoms with E-state index >= 15 is 0 Å². The first kappa shape index (κ1) is 19.9. The lowest BCUT2D eigenvalue weighted by Gasteiger charge is -2.41. The number of nitrogens with zero attached hydrogens (tertiary/aromatic N) is 3. The summed E-state index contributed by atoms with van der Waals surface area (Å²) in [7, 11) is 0. The third kappa shape index (κ3) is 4.24. The molecule has 5 rings (SSSR count). The quantitative estimate of drug-likeness (QED) is 0.650. The molecule has 2 amide bonds. The lowest BCUT2D eigenvalue weighted by molar-refractivity contribution is -0.134. The highest BCUT2D eigenvalue weighted by Crippen LogP contribution is 2.34. The maximum Gasteiger partial charge on any atom is 0.315 e. The normalized spacial score (nSPS) is 21.7. The summed E-state index contributed by atoms with van der Waals surface area (Å²) in [5.74, 6) is -2.22. The third-order valence-electron chi connectivity index (χ3n) is 6.16. The number of hydrogen-bond donors (Lipinski definition) is 2. The van der Waals surface area contributed by atoms with E-state index in [0.717, 1.165) is 18.8 Å². The van der Waals surface area contributed by atoms with E-state index in [-0.39, 0.29) is 24.4 Å². The first-order valence-corrected chi connectivity index (χ1v) is 10.6. The van der Waals surface area contributed by atoms with Crippen LogP contribution in [0.25, 0.3) is 0 Å². The second kappa shape index (κ2) is 7.90. The van der Waals surface area contributed by atoms with Crippen LogP contribution in [0.3, 0.4) is 0 Å². The van der Waals surface area contributed by atoms with Crippen molar-refractivity contribution >= 4 is 23.5 Å². The molecule has 164 valence electrons. The molecule has 3 fully saturated rings. The molecule has 1 aliphatic carbocycles. The van der Waals surface area contributed by atoms with Crippen LogP contribution in [0.4, 0.5) is 20.5 Å². The molecular weight excluding hydrogens is 408 g/mol. The van der Waals surface area contributed by atoms with Gasteiger partial charge in [0, 0.05) is 37.2 Å². The molecule has 1 aromatic heterocycles. The zero-order chi connectivity index (χ0) is 21.5. The molecule has 2 aliphatic heterocycles. The molecule has 2 N–H and O–H groups in total. The van der Waals surface area contributed by atoms with Gasteiger partial charge in [0.2, 0.25) is 17.7 Å². The van der Waals surface area contributed by atoms with Gasteiger partial charge in [-0.3, -0.25) is 14.9 Å². The molecule has 1 saturated carbocycles. The van der Waals surface area contributed by atoms with Crippen molar-refractivity contribution in [3.8, 4) is 0 Å². The Labute approximate surface area is 177 Å². The summed E-state index contributed by atoms with van der Waals surface area (Å²) >= 11 is 0. The monoisotopic (exact) mass is 431 g/mol. The molecule has 2 aromatic rings. The van der Waals surface area contributed by atoms with Gasteiger partial charge in [-0.15, -0.1) is 5.10 Å². The molecule has 0 bridgehead atoms. The number of aromatic nitrogens is 2. The maximum atomic E-state index is 14.7. The van der Waals surface area contributed by atoms with Crippen molar-refractivity contribution in [1.82, 2.24) is 15.5 Å². The van der Waals surface area contributed by atoms with Gasteiger partial charge in [-0.25, -0.2) is 8.78 Å². The van der Waals surface area contributed by atoms with Gasteiger partial charge < -0.3 is 14.6 Å². The Morgan fingerprint density at radius 2 is 1.87 bits per heavy atom. The first-order valence-electron chi connectivity index (χ1n) is 10.6. The number of carbonyl (C=O) groups excluding carboxylic acids is 2. The van der Waals surface area contributed by atoms with E-state index < -0.39 is 29.4 Å². The molecule has 31 heavy (non-hydrogen) atoms. The summed E-state index contributed by atoms with van der Waals surface area (Å²) in [6, 6.07) is 2.86. The van der Waals surface area contributed by atoms with E-state index in [0.29, 0.717) is 30.7 Å². The SMILES string of the molecule is O=C1CCC(c2c(F)cc(N3CC(Nc4nnc(CCC5CC5)o4)C3)cc2F)C(=O)N1. The van der Waals surface area contributed by atoms with Gasteiger partial charge in [-0.1, -0.05) is 17.9 Å². The summed E-state index contributed by atoms with van der Waals surface area (Å²) in [5, 5.41) is 13.3. The average Bonchev–Trinajstić information content (AvgIpc) is 3.41. The van der Waals surface area contributed by atoms with Crippen LogP contribution in [-0.2, 0) is 16.0 Å². The Morgan fingerprint density at radius 1 is 1.13 bits per heavy atom. The lowest BCUT2D eigenvalue weighted by Crippen LogP contribution is -2.55. The predicted molar refractivity (Wildman–Crippen MR) is 106 cm³/mol. The average molecular weight is 431 g/mol. The van der Waals surface area contributed by atoms with E-state index in [2.05, 4.69) is 20.8 Å². The van der Waals surface area contributed by atoms with Crippen LogP contribution >= 0.6 is 0 Å². The van der Waals surface area contributed by atoms with E-state index in [4.69, 9.17) is 4.42 Å². The maximum absolute atomic E-state index is 14.7. The van der Waals surface area contributed by atoms with Crippen LogP contribution in [0.2, 0.25) is 0 Å². The molecule has 2 saturated heterocycles. The lowest BCUT2D eigenvalue weighted by atomic mass is 9.89. The van der Waals surface area contributed by atoms with Gasteiger partial charge in [0.25, 0.3) is 0 Å². The summed E-state index contributed by atoms with van der Waals surface area (Å²) in [4.78, 5) is 25.1. The highest BCUT2D eigenvalue weighted by molar-refractivity contribution is 6.01. The molecule has 0 radical (unpaired) electrons. The summed E-state index contributed by atoms with van der Waals surface area (Å²) in [6.45, 7) is 1.05. The van der Waals surface area contributed by atoms with Crippen molar-refractivity contribution < 1.29 is 22.8 Å². The van der Waals surface area contributed by atoms with Gasteiger partial charge in [-0.2, -0.15) is 0 Å². The second-order valence-electron chi connectivity index (χ2n) is 8.56. The van der Waals surface area contributed by atoms with Gasteiger partial charge >= 0.3 is 6.01 Å². The number of anilines is 2. The van der Waals surface area contributed by atoms with Crippen molar-refractivity contribution in [2.24, 2.45) is 5.92 Å². The number of imide groups is 1. The highest BCUT2D eigenvalue weighted by atomic mass is 19.1. The summed E-state index contributed by atoms with van der Waals surface area (Å²) in [5.41, 5.74) is 0.119. The third-order valence-corrected chi connectivity index (χ3v) is 6.16.